The summed E-state index contributed by atoms with van der Waals surface area (Å²) in [5, 5.41) is 14.1. The topological polar surface area (TPSA) is 77.1 Å². The summed E-state index contributed by atoms with van der Waals surface area (Å²) in [4.78, 5) is 14.4. The van der Waals surface area contributed by atoms with Gasteiger partial charge in [0.1, 0.15) is 18.0 Å². The number of hydrogen-bond donors (Lipinski definition) is 3. The maximum Gasteiger partial charge on any atom is 0.134 e. The third kappa shape index (κ3) is 4.06. The lowest BCUT2D eigenvalue weighted by molar-refractivity contribution is 0.208. The Balaban J connectivity index is 1.38. The number of anilines is 2. The number of aromatic amines is 1. The van der Waals surface area contributed by atoms with E-state index >= 15 is 0 Å². The quantitative estimate of drug-likeness (QED) is 0.626. The summed E-state index contributed by atoms with van der Waals surface area (Å²) in [6.45, 7) is 5.02. The van der Waals surface area contributed by atoms with Crippen molar-refractivity contribution in [1.82, 2.24) is 15.0 Å². The first-order chi connectivity index (χ1) is 13.2. The predicted molar refractivity (Wildman–Crippen MR) is 109 cm³/mol. The predicted octanol–water partition coefficient (Wildman–Crippen LogP) is 3.13. The van der Waals surface area contributed by atoms with Gasteiger partial charge in [-0.1, -0.05) is 12.1 Å². The molecule has 3 heterocycles. The first kappa shape index (κ1) is 17.8. The second-order valence-corrected chi connectivity index (χ2v) is 7.44. The molecule has 1 aliphatic heterocycles. The average Bonchev–Trinajstić information content (AvgIpc) is 3.10. The summed E-state index contributed by atoms with van der Waals surface area (Å²) in [5.41, 5.74) is 3.77. The molecule has 3 aromatic rings. The number of H-pyrrole nitrogens is 1. The molecule has 1 saturated heterocycles. The molecule has 0 radical (unpaired) electrons. The minimum atomic E-state index is 0.247. The Kier molecular flexibility index (Phi) is 5.25. The van der Waals surface area contributed by atoms with Gasteiger partial charge in [-0.3, -0.25) is 0 Å². The van der Waals surface area contributed by atoms with E-state index in [2.05, 4.69) is 56.5 Å². The second-order valence-electron chi connectivity index (χ2n) is 7.44. The van der Waals surface area contributed by atoms with Crippen LogP contribution >= 0.6 is 0 Å². The van der Waals surface area contributed by atoms with Gasteiger partial charge >= 0.3 is 0 Å². The maximum atomic E-state index is 9.43. The van der Waals surface area contributed by atoms with E-state index in [-0.39, 0.29) is 6.61 Å². The van der Waals surface area contributed by atoms with Crippen molar-refractivity contribution in [2.24, 2.45) is 5.92 Å². The lowest BCUT2D eigenvalue weighted by atomic mass is 9.99. The lowest BCUT2D eigenvalue weighted by Crippen LogP contribution is -2.37. The number of piperidine rings is 1. The Morgan fingerprint density at radius 1 is 1.30 bits per heavy atom. The molecule has 1 atom stereocenters. The first-order valence-electron chi connectivity index (χ1n) is 9.71. The zero-order valence-corrected chi connectivity index (χ0v) is 15.8. The highest BCUT2D eigenvalue weighted by Crippen LogP contribution is 2.23. The minimum Gasteiger partial charge on any atom is -0.396 e. The second kappa shape index (κ2) is 7.96. The molecule has 2 aromatic heterocycles. The van der Waals surface area contributed by atoms with E-state index in [0.29, 0.717) is 5.92 Å². The SMILES string of the molecule is Cc1ccc2c(CCNc3cc(N4CCCC(CO)C4)ncn3)c[nH]c2c1. The minimum absolute atomic E-state index is 0.247. The summed E-state index contributed by atoms with van der Waals surface area (Å²) < 4.78 is 0. The van der Waals surface area contributed by atoms with E-state index in [4.69, 9.17) is 0 Å². The van der Waals surface area contributed by atoms with Gasteiger partial charge in [0.05, 0.1) is 0 Å². The first-order valence-corrected chi connectivity index (χ1v) is 9.71. The van der Waals surface area contributed by atoms with Gasteiger partial charge in [0.15, 0.2) is 0 Å². The van der Waals surface area contributed by atoms with E-state index in [1.807, 2.05) is 6.07 Å². The van der Waals surface area contributed by atoms with E-state index in [9.17, 15) is 5.11 Å². The van der Waals surface area contributed by atoms with Gasteiger partial charge in [0.2, 0.25) is 0 Å². The van der Waals surface area contributed by atoms with Crippen molar-refractivity contribution in [2.45, 2.75) is 26.2 Å². The Morgan fingerprint density at radius 2 is 2.22 bits per heavy atom. The van der Waals surface area contributed by atoms with E-state index in [1.54, 1.807) is 6.33 Å². The summed E-state index contributed by atoms with van der Waals surface area (Å²) in [6.07, 6.45) is 6.83. The third-order valence-corrected chi connectivity index (χ3v) is 5.38. The van der Waals surface area contributed by atoms with Gasteiger partial charge in [0, 0.05) is 49.4 Å². The van der Waals surface area contributed by atoms with Gasteiger partial charge in [0.25, 0.3) is 0 Å². The van der Waals surface area contributed by atoms with Crippen LogP contribution in [0.4, 0.5) is 11.6 Å². The summed E-state index contributed by atoms with van der Waals surface area (Å²) in [6, 6.07) is 8.54. The number of nitrogens with zero attached hydrogens (tertiary/aromatic N) is 3. The maximum absolute atomic E-state index is 9.43. The third-order valence-electron chi connectivity index (χ3n) is 5.38. The fourth-order valence-electron chi connectivity index (χ4n) is 3.87. The molecule has 3 N–H and O–H groups in total. The van der Waals surface area contributed by atoms with Gasteiger partial charge in [-0.15, -0.1) is 0 Å². The highest BCUT2D eigenvalue weighted by Gasteiger charge is 2.20. The molecule has 0 aliphatic carbocycles. The van der Waals surface area contributed by atoms with Crippen LogP contribution < -0.4 is 10.2 Å². The van der Waals surface area contributed by atoms with Crippen LogP contribution in [0.5, 0.6) is 0 Å². The highest BCUT2D eigenvalue weighted by molar-refractivity contribution is 5.83. The molecule has 0 amide bonds. The van der Waals surface area contributed by atoms with Gasteiger partial charge < -0.3 is 20.3 Å². The number of rotatable bonds is 6. The largest absolute Gasteiger partial charge is 0.396 e. The van der Waals surface area contributed by atoms with Crippen molar-refractivity contribution < 1.29 is 5.11 Å². The fourth-order valence-corrected chi connectivity index (χ4v) is 3.87. The number of fused-ring (bicyclic) bond motifs is 1. The summed E-state index contributed by atoms with van der Waals surface area (Å²) in [7, 11) is 0. The number of benzene rings is 1. The molecular formula is C21H27N5O. The molecule has 0 saturated carbocycles. The highest BCUT2D eigenvalue weighted by atomic mass is 16.3. The Hall–Kier alpha value is -2.60. The van der Waals surface area contributed by atoms with E-state index in [1.165, 1.54) is 22.0 Å². The van der Waals surface area contributed by atoms with Crippen LogP contribution in [0, 0.1) is 12.8 Å². The van der Waals surface area contributed by atoms with Crippen LogP contribution in [0.25, 0.3) is 10.9 Å². The zero-order chi connectivity index (χ0) is 18.6. The van der Waals surface area contributed by atoms with Crippen molar-refractivity contribution in [2.75, 3.05) is 36.5 Å². The van der Waals surface area contributed by atoms with Crippen LogP contribution in [-0.4, -0.2) is 46.3 Å². The van der Waals surface area contributed by atoms with Crippen LogP contribution in [0.3, 0.4) is 0 Å². The molecule has 4 rings (SSSR count). The molecule has 0 spiro atoms. The monoisotopic (exact) mass is 365 g/mol. The zero-order valence-electron chi connectivity index (χ0n) is 15.8. The van der Waals surface area contributed by atoms with Crippen molar-refractivity contribution in [1.29, 1.82) is 0 Å². The molecular weight excluding hydrogens is 338 g/mol. The van der Waals surface area contributed by atoms with Gasteiger partial charge in [-0.2, -0.15) is 0 Å². The normalized spacial score (nSPS) is 17.4. The van der Waals surface area contributed by atoms with Crippen LogP contribution in [0.2, 0.25) is 0 Å². The summed E-state index contributed by atoms with van der Waals surface area (Å²) in [5.74, 6) is 2.13. The van der Waals surface area contributed by atoms with Crippen molar-refractivity contribution >= 4 is 22.5 Å². The smallest absolute Gasteiger partial charge is 0.134 e. The molecule has 27 heavy (non-hydrogen) atoms. The average molecular weight is 365 g/mol. The molecule has 1 fully saturated rings. The number of aliphatic hydroxyl groups excluding tert-OH is 1. The molecule has 142 valence electrons. The molecule has 1 aromatic carbocycles. The summed E-state index contributed by atoms with van der Waals surface area (Å²) >= 11 is 0. The van der Waals surface area contributed by atoms with Crippen molar-refractivity contribution in [3.8, 4) is 0 Å². The Bertz CT molecular complexity index is 906. The van der Waals surface area contributed by atoms with Gasteiger partial charge in [-0.05, 0) is 49.3 Å². The number of aromatic nitrogens is 3. The number of hydrogen-bond acceptors (Lipinski definition) is 5. The molecule has 1 aliphatic rings. The Morgan fingerprint density at radius 3 is 3.11 bits per heavy atom. The van der Waals surface area contributed by atoms with Crippen LogP contribution in [0.15, 0.2) is 36.8 Å². The standard InChI is InChI=1S/C21H27N5O/c1-15-4-5-18-17(11-23-19(18)9-15)6-7-22-20-10-21(25-14-24-20)26-8-2-3-16(12-26)13-27/h4-5,9-11,14,16,23,27H,2-3,6-8,12-13H2,1H3,(H,22,24,25). The van der Waals surface area contributed by atoms with E-state index < -0.39 is 0 Å². The number of nitrogens with one attached hydrogen (secondary N) is 2. The molecule has 0 bridgehead atoms. The van der Waals surface area contributed by atoms with E-state index in [0.717, 1.165) is 50.5 Å². The number of aryl methyl sites for hydroxylation is 1. The fraction of sp³-hybridized carbons (Fsp3) is 0.429. The van der Waals surface area contributed by atoms with Crippen LogP contribution in [0.1, 0.15) is 24.0 Å². The Labute approximate surface area is 159 Å². The van der Waals surface area contributed by atoms with Crippen LogP contribution in [-0.2, 0) is 6.42 Å². The molecule has 6 heteroatoms. The molecule has 6 nitrogen and oxygen atoms in total. The van der Waals surface area contributed by atoms with Crippen molar-refractivity contribution in [3.05, 3.63) is 47.9 Å². The lowest BCUT2D eigenvalue weighted by Gasteiger charge is -2.32. The molecule has 1 unspecified atom stereocenters. The van der Waals surface area contributed by atoms with Gasteiger partial charge in [-0.25, -0.2) is 9.97 Å². The number of aliphatic hydroxyl groups is 1. The van der Waals surface area contributed by atoms with Crippen molar-refractivity contribution in [3.63, 3.8) is 0 Å².